The molecule has 3 nitrogen and oxygen atoms in total. The molecule has 0 fully saturated rings. The van der Waals surface area contributed by atoms with Crippen LogP contribution in [0.25, 0.3) is 0 Å². The molecule has 0 saturated heterocycles. The summed E-state index contributed by atoms with van der Waals surface area (Å²) in [6.07, 6.45) is 0.971. The van der Waals surface area contributed by atoms with Gasteiger partial charge in [0, 0.05) is 39.8 Å². The zero-order chi connectivity index (χ0) is 12.3. The van der Waals surface area contributed by atoms with Crippen molar-refractivity contribution in [1.82, 2.24) is 5.32 Å². The number of Topliss-reactive ketones (excluding diaryl/α,β-unsaturated/α-hetero) is 2. The highest BCUT2D eigenvalue weighted by Crippen LogP contribution is 2.25. The lowest BCUT2D eigenvalue weighted by molar-refractivity contribution is -0.115. The maximum atomic E-state index is 11.7. The molecule has 0 aromatic heterocycles. The SMILES string of the molecule is CCC(=O)C1=C(C)NC(CI)=C(C(C)=O)C1. The molecule has 1 N–H and O–H groups in total. The number of carbonyl (C=O) groups is 2. The number of hydrogen-bond acceptors (Lipinski definition) is 3. The first-order chi connectivity index (χ1) is 7.51. The summed E-state index contributed by atoms with van der Waals surface area (Å²) in [5, 5.41) is 3.17. The van der Waals surface area contributed by atoms with Crippen LogP contribution in [0.3, 0.4) is 0 Å². The summed E-state index contributed by atoms with van der Waals surface area (Å²) in [5.41, 5.74) is 3.33. The lowest BCUT2D eigenvalue weighted by atomic mass is 9.92. The van der Waals surface area contributed by atoms with Crippen molar-refractivity contribution in [3.8, 4) is 0 Å². The third-order valence-electron chi connectivity index (χ3n) is 2.73. The monoisotopic (exact) mass is 333 g/mol. The van der Waals surface area contributed by atoms with Gasteiger partial charge in [0.25, 0.3) is 0 Å². The van der Waals surface area contributed by atoms with Crippen molar-refractivity contribution >= 4 is 34.2 Å². The van der Waals surface area contributed by atoms with E-state index in [4.69, 9.17) is 0 Å². The molecule has 0 aromatic carbocycles. The Morgan fingerprint density at radius 1 is 1.38 bits per heavy atom. The largest absolute Gasteiger partial charge is 0.361 e. The minimum Gasteiger partial charge on any atom is -0.361 e. The van der Waals surface area contributed by atoms with Gasteiger partial charge in [-0.3, -0.25) is 9.59 Å². The molecule has 0 radical (unpaired) electrons. The Balaban J connectivity index is 3.05. The van der Waals surface area contributed by atoms with E-state index in [1.807, 2.05) is 13.8 Å². The minimum absolute atomic E-state index is 0.0491. The number of rotatable bonds is 4. The van der Waals surface area contributed by atoms with Crippen molar-refractivity contribution in [2.24, 2.45) is 0 Å². The van der Waals surface area contributed by atoms with Crippen LogP contribution in [0, 0.1) is 0 Å². The summed E-state index contributed by atoms with van der Waals surface area (Å²) < 4.78 is 0.762. The standard InChI is InChI=1S/C12H16INO2/c1-4-12(16)9-5-10(8(3)15)11(6-13)14-7(9)2/h14H,4-6H2,1-3H3. The van der Waals surface area contributed by atoms with Crippen LogP contribution in [0.4, 0.5) is 0 Å². The fraction of sp³-hybridized carbons (Fsp3) is 0.500. The Morgan fingerprint density at radius 3 is 2.44 bits per heavy atom. The first-order valence-electron chi connectivity index (χ1n) is 5.30. The molecular formula is C12H16INO2. The Morgan fingerprint density at radius 2 is 2.00 bits per heavy atom. The molecule has 0 saturated carbocycles. The van der Waals surface area contributed by atoms with Crippen LogP contribution in [-0.4, -0.2) is 16.0 Å². The number of carbonyl (C=O) groups excluding carboxylic acids is 2. The van der Waals surface area contributed by atoms with Gasteiger partial charge in [-0.15, -0.1) is 0 Å². The number of dihydropyridines is 1. The number of hydrogen-bond donors (Lipinski definition) is 1. The molecule has 0 aliphatic carbocycles. The minimum atomic E-state index is 0.0491. The molecule has 0 amide bonds. The fourth-order valence-electron chi connectivity index (χ4n) is 1.77. The van der Waals surface area contributed by atoms with Crippen LogP contribution >= 0.6 is 22.6 Å². The molecule has 1 aliphatic heterocycles. The van der Waals surface area contributed by atoms with Gasteiger partial charge in [-0.05, 0) is 13.8 Å². The fourth-order valence-corrected chi connectivity index (χ4v) is 2.42. The quantitative estimate of drug-likeness (QED) is 0.635. The first kappa shape index (κ1) is 13.4. The third kappa shape index (κ3) is 2.72. The molecule has 88 valence electrons. The van der Waals surface area contributed by atoms with Crippen molar-refractivity contribution in [1.29, 1.82) is 0 Å². The summed E-state index contributed by atoms with van der Waals surface area (Å²) in [7, 11) is 0. The van der Waals surface area contributed by atoms with Gasteiger partial charge in [-0.25, -0.2) is 0 Å². The number of alkyl halides is 1. The molecule has 0 unspecified atom stereocenters. The van der Waals surface area contributed by atoms with Crippen molar-refractivity contribution in [2.75, 3.05) is 4.43 Å². The third-order valence-corrected chi connectivity index (χ3v) is 3.49. The maximum absolute atomic E-state index is 11.7. The van der Waals surface area contributed by atoms with Gasteiger partial charge in [0.05, 0.1) is 0 Å². The number of nitrogens with one attached hydrogen (secondary N) is 1. The summed E-state index contributed by atoms with van der Waals surface area (Å²) >= 11 is 2.22. The van der Waals surface area contributed by atoms with E-state index < -0.39 is 0 Å². The summed E-state index contributed by atoms with van der Waals surface area (Å²) in [6.45, 7) is 5.29. The van der Waals surface area contributed by atoms with Crippen LogP contribution in [0.5, 0.6) is 0 Å². The second kappa shape index (κ2) is 5.61. The van der Waals surface area contributed by atoms with E-state index >= 15 is 0 Å². The summed E-state index contributed by atoms with van der Waals surface area (Å²) in [4.78, 5) is 23.2. The highest BCUT2D eigenvalue weighted by Gasteiger charge is 2.23. The Kier molecular flexibility index (Phi) is 4.70. The van der Waals surface area contributed by atoms with Crippen LogP contribution in [0.15, 0.2) is 22.5 Å². The molecular weight excluding hydrogens is 317 g/mol. The van der Waals surface area contributed by atoms with Crippen LogP contribution in [0.1, 0.15) is 33.6 Å². The van der Waals surface area contributed by atoms with E-state index in [0.717, 1.165) is 27.0 Å². The number of allylic oxidation sites excluding steroid dienone is 4. The van der Waals surface area contributed by atoms with Crippen LogP contribution < -0.4 is 5.32 Å². The molecule has 1 heterocycles. The molecule has 1 rings (SSSR count). The lowest BCUT2D eigenvalue weighted by Crippen LogP contribution is -2.26. The Hall–Kier alpha value is -0.650. The van der Waals surface area contributed by atoms with Crippen molar-refractivity contribution in [3.63, 3.8) is 0 Å². The van der Waals surface area contributed by atoms with Crippen LogP contribution in [-0.2, 0) is 9.59 Å². The highest BCUT2D eigenvalue weighted by atomic mass is 127. The average Bonchev–Trinajstić information content (AvgIpc) is 2.27. The molecule has 0 spiro atoms. The van der Waals surface area contributed by atoms with Crippen molar-refractivity contribution in [3.05, 3.63) is 22.5 Å². The second-order valence-electron chi connectivity index (χ2n) is 3.83. The maximum Gasteiger partial charge on any atom is 0.160 e. The molecule has 1 aliphatic rings. The number of ketones is 2. The van der Waals surface area contributed by atoms with E-state index in [-0.39, 0.29) is 11.6 Å². The first-order valence-corrected chi connectivity index (χ1v) is 6.82. The van der Waals surface area contributed by atoms with Gasteiger partial charge in [-0.1, -0.05) is 29.5 Å². The molecule has 0 bridgehead atoms. The molecule has 0 atom stereocenters. The van der Waals surface area contributed by atoms with Gasteiger partial charge in [0.15, 0.2) is 11.6 Å². The van der Waals surface area contributed by atoms with Crippen molar-refractivity contribution < 1.29 is 9.59 Å². The van der Waals surface area contributed by atoms with Gasteiger partial charge in [-0.2, -0.15) is 0 Å². The summed E-state index contributed by atoms with van der Waals surface area (Å²) in [6, 6.07) is 0. The lowest BCUT2D eigenvalue weighted by Gasteiger charge is -2.23. The Labute approximate surface area is 110 Å². The molecule has 16 heavy (non-hydrogen) atoms. The van der Waals surface area contributed by atoms with Crippen molar-refractivity contribution in [2.45, 2.75) is 33.6 Å². The van der Waals surface area contributed by atoms with E-state index in [2.05, 4.69) is 27.9 Å². The van der Waals surface area contributed by atoms with Gasteiger partial charge in [0.2, 0.25) is 0 Å². The molecule has 0 aromatic rings. The predicted molar refractivity (Wildman–Crippen MR) is 72.3 cm³/mol. The zero-order valence-electron chi connectivity index (χ0n) is 9.82. The number of halogens is 1. The summed E-state index contributed by atoms with van der Waals surface area (Å²) in [5.74, 6) is 0.171. The zero-order valence-corrected chi connectivity index (χ0v) is 12.0. The highest BCUT2D eigenvalue weighted by molar-refractivity contribution is 14.1. The van der Waals surface area contributed by atoms with E-state index in [9.17, 15) is 9.59 Å². The van der Waals surface area contributed by atoms with E-state index in [0.29, 0.717) is 12.8 Å². The second-order valence-corrected chi connectivity index (χ2v) is 4.59. The van der Waals surface area contributed by atoms with E-state index in [1.165, 1.54) is 0 Å². The molecule has 4 heteroatoms. The topological polar surface area (TPSA) is 46.2 Å². The van der Waals surface area contributed by atoms with Gasteiger partial charge in [0.1, 0.15) is 0 Å². The smallest absolute Gasteiger partial charge is 0.160 e. The van der Waals surface area contributed by atoms with Gasteiger partial charge >= 0.3 is 0 Å². The Bertz CT molecular complexity index is 394. The van der Waals surface area contributed by atoms with Crippen LogP contribution in [0.2, 0.25) is 0 Å². The van der Waals surface area contributed by atoms with E-state index in [1.54, 1.807) is 6.92 Å². The predicted octanol–water partition coefficient (Wildman–Crippen LogP) is 2.51. The average molecular weight is 333 g/mol. The van der Waals surface area contributed by atoms with Gasteiger partial charge < -0.3 is 5.32 Å². The normalized spacial score (nSPS) is 16.2.